The molecular formula is C21H21NO3S. The molecule has 5 heteroatoms. The number of benzene rings is 2. The Labute approximate surface area is 156 Å². The molecule has 0 aliphatic heterocycles. The standard InChI is InChI=1S/C21H21NO3S/c1-13(2)15-4-7-18(8-5-15)26-12-16-10-21(24)25-20-11-17(22-14(3)23)6-9-19(16)20/h4-11,13H,12H2,1-3H3,(H,22,23). The highest BCUT2D eigenvalue weighted by atomic mass is 32.2. The molecule has 3 aromatic rings. The summed E-state index contributed by atoms with van der Waals surface area (Å²) in [7, 11) is 0. The Hall–Kier alpha value is -2.53. The van der Waals surface area contributed by atoms with Crippen LogP contribution in [0.3, 0.4) is 0 Å². The summed E-state index contributed by atoms with van der Waals surface area (Å²) in [6.07, 6.45) is 0. The van der Waals surface area contributed by atoms with E-state index in [1.165, 1.54) is 18.6 Å². The summed E-state index contributed by atoms with van der Waals surface area (Å²) in [5.41, 5.74) is 2.94. The van der Waals surface area contributed by atoms with Crippen molar-refractivity contribution >= 4 is 34.3 Å². The minimum atomic E-state index is -0.386. The lowest BCUT2D eigenvalue weighted by Gasteiger charge is -2.09. The quantitative estimate of drug-likeness (QED) is 0.499. The molecular weight excluding hydrogens is 346 g/mol. The molecule has 0 fully saturated rings. The van der Waals surface area contributed by atoms with Gasteiger partial charge in [-0.3, -0.25) is 4.79 Å². The molecule has 4 nitrogen and oxygen atoms in total. The number of anilines is 1. The van der Waals surface area contributed by atoms with Crippen LogP contribution in [0.5, 0.6) is 0 Å². The maximum Gasteiger partial charge on any atom is 0.336 e. The van der Waals surface area contributed by atoms with Gasteiger partial charge in [-0.05, 0) is 41.3 Å². The highest BCUT2D eigenvalue weighted by molar-refractivity contribution is 7.98. The molecule has 0 aliphatic rings. The van der Waals surface area contributed by atoms with Crippen LogP contribution in [0.2, 0.25) is 0 Å². The zero-order chi connectivity index (χ0) is 18.7. The summed E-state index contributed by atoms with van der Waals surface area (Å²) >= 11 is 1.68. The molecule has 26 heavy (non-hydrogen) atoms. The van der Waals surface area contributed by atoms with E-state index in [1.54, 1.807) is 17.8 Å². The third-order valence-corrected chi connectivity index (χ3v) is 5.15. The highest BCUT2D eigenvalue weighted by Gasteiger charge is 2.08. The Morgan fingerprint density at radius 2 is 1.85 bits per heavy atom. The second-order valence-electron chi connectivity index (χ2n) is 6.50. The van der Waals surface area contributed by atoms with Gasteiger partial charge in [-0.2, -0.15) is 0 Å². The molecule has 1 N–H and O–H groups in total. The van der Waals surface area contributed by atoms with Gasteiger partial charge in [0.15, 0.2) is 0 Å². The third kappa shape index (κ3) is 4.35. The van der Waals surface area contributed by atoms with Crippen LogP contribution >= 0.6 is 11.8 Å². The molecule has 0 saturated carbocycles. The van der Waals surface area contributed by atoms with Gasteiger partial charge in [0.2, 0.25) is 5.91 Å². The fraction of sp³-hybridized carbons (Fsp3) is 0.238. The van der Waals surface area contributed by atoms with Gasteiger partial charge >= 0.3 is 5.63 Å². The highest BCUT2D eigenvalue weighted by Crippen LogP contribution is 2.28. The monoisotopic (exact) mass is 367 g/mol. The van der Waals surface area contributed by atoms with E-state index < -0.39 is 0 Å². The van der Waals surface area contributed by atoms with Crippen LogP contribution in [0.15, 0.2) is 62.6 Å². The van der Waals surface area contributed by atoms with Gasteiger partial charge in [0.05, 0.1) is 0 Å². The van der Waals surface area contributed by atoms with Crippen molar-refractivity contribution in [2.45, 2.75) is 37.3 Å². The van der Waals surface area contributed by atoms with Gasteiger partial charge in [0.1, 0.15) is 5.58 Å². The minimum absolute atomic E-state index is 0.164. The number of thioether (sulfide) groups is 1. The lowest BCUT2D eigenvalue weighted by molar-refractivity contribution is -0.114. The minimum Gasteiger partial charge on any atom is -0.423 e. The molecule has 0 radical (unpaired) electrons. The van der Waals surface area contributed by atoms with Crippen LogP contribution < -0.4 is 10.9 Å². The zero-order valence-electron chi connectivity index (χ0n) is 15.0. The Kier molecular flexibility index (Phi) is 5.47. The number of carbonyl (C=O) groups excluding carboxylic acids is 1. The van der Waals surface area contributed by atoms with E-state index in [1.807, 2.05) is 12.1 Å². The molecule has 2 aromatic carbocycles. The van der Waals surface area contributed by atoms with E-state index >= 15 is 0 Å². The normalized spacial score (nSPS) is 11.1. The average molecular weight is 367 g/mol. The van der Waals surface area contributed by atoms with Gasteiger partial charge in [-0.25, -0.2) is 4.79 Å². The summed E-state index contributed by atoms with van der Waals surface area (Å²) in [6, 6.07) is 15.4. The van der Waals surface area contributed by atoms with Crippen molar-refractivity contribution in [2.24, 2.45) is 0 Å². The molecule has 0 spiro atoms. The topological polar surface area (TPSA) is 59.3 Å². The van der Waals surface area contributed by atoms with E-state index in [0.29, 0.717) is 22.9 Å². The molecule has 3 rings (SSSR count). The van der Waals surface area contributed by atoms with Crippen LogP contribution in [-0.2, 0) is 10.5 Å². The Morgan fingerprint density at radius 3 is 2.50 bits per heavy atom. The molecule has 0 saturated heterocycles. The lowest BCUT2D eigenvalue weighted by Crippen LogP contribution is -2.06. The predicted molar refractivity (Wildman–Crippen MR) is 107 cm³/mol. The van der Waals surface area contributed by atoms with Gasteiger partial charge in [-0.15, -0.1) is 11.8 Å². The lowest BCUT2D eigenvalue weighted by atomic mass is 10.0. The van der Waals surface area contributed by atoms with Crippen molar-refractivity contribution in [2.75, 3.05) is 5.32 Å². The molecule has 0 bridgehead atoms. The number of carbonyl (C=O) groups is 1. The molecule has 134 valence electrons. The van der Waals surface area contributed by atoms with Crippen molar-refractivity contribution in [3.05, 3.63) is 70.1 Å². The Balaban J connectivity index is 1.85. The first kappa shape index (κ1) is 18.3. The summed E-state index contributed by atoms with van der Waals surface area (Å²) in [6.45, 7) is 5.79. The maximum atomic E-state index is 11.9. The van der Waals surface area contributed by atoms with Crippen molar-refractivity contribution in [3.8, 4) is 0 Å². The third-order valence-electron chi connectivity index (χ3n) is 4.09. The van der Waals surface area contributed by atoms with Crippen molar-refractivity contribution < 1.29 is 9.21 Å². The fourth-order valence-electron chi connectivity index (χ4n) is 2.74. The van der Waals surface area contributed by atoms with Gasteiger partial charge < -0.3 is 9.73 Å². The van der Waals surface area contributed by atoms with Crippen molar-refractivity contribution in [3.63, 3.8) is 0 Å². The second-order valence-corrected chi connectivity index (χ2v) is 7.54. The smallest absolute Gasteiger partial charge is 0.336 e. The Morgan fingerprint density at radius 1 is 1.12 bits per heavy atom. The van der Waals surface area contributed by atoms with Gasteiger partial charge in [0, 0.05) is 40.8 Å². The van der Waals surface area contributed by atoms with Gasteiger partial charge in [-0.1, -0.05) is 26.0 Å². The van der Waals surface area contributed by atoms with E-state index in [2.05, 4.69) is 43.4 Å². The molecule has 0 aliphatic carbocycles. The summed E-state index contributed by atoms with van der Waals surface area (Å²) < 4.78 is 5.30. The zero-order valence-corrected chi connectivity index (χ0v) is 15.9. The van der Waals surface area contributed by atoms with E-state index in [0.717, 1.165) is 15.8 Å². The van der Waals surface area contributed by atoms with Crippen LogP contribution in [0.4, 0.5) is 5.69 Å². The fourth-order valence-corrected chi connectivity index (χ4v) is 3.63. The summed E-state index contributed by atoms with van der Waals surface area (Å²) in [5, 5.41) is 3.58. The first-order valence-corrected chi connectivity index (χ1v) is 9.48. The number of fused-ring (bicyclic) bond motifs is 1. The first-order valence-electron chi connectivity index (χ1n) is 8.49. The van der Waals surface area contributed by atoms with Crippen LogP contribution in [0.1, 0.15) is 37.8 Å². The molecule has 1 amide bonds. The van der Waals surface area contributed by atoms with E-state index in [-0.39, 0.29) is 11.5 Å². The number of amides is 1. The van der Waals surface area contributed by atoms with E-state index in [9.17, 15) is 9.59 Å². The average Bonchev–Trinajstić information content (AvgIpc) is 2.59. The number of rotatable bonds is 5. The Bertz CT molecular complexity index is 990. The first-order chi connectivity index (χ1) is 12.4. The van der Waals surface area contributed by atoms with Crippen LogP contribution in [0, 0.1) is 0 Å². The molecule has 1 aromatic heterocycles. The van der Waals surface area contributed by atoms with E-state index in [4.69, 9.17) is 4.42 Å². The molecule has 0 unspecified atom stereocenters. The second kappa shape index (κ2) is 7.79. The summed E-state index contributed by atoms with van der Waals surface area (Å²) in [4.78, 5) is 24.3. The number of hydrogen-bond acceptors (Lipinski definition) is 4. The summed E-state index contributed by atoms with van der Waals surface area (Å²) in [5.74, 6) is 1.01. The number of hydrogen-bond donors (Lipinski definition) is 1. The number of nitrogens with one attached hydrogen (secondary N) is 1. The molecule has 0 atom stereocenters. The molecule has 1 heterocycles. The van der Waals surface area contributed by atoms with Gasteiger partial charge in [0.25, 0.3) is 0 Å². The predicted octanol–water partition coefficient (Wildman–Crippen LogP) is 5.17. The van der Waals surface area contributed by atoms with Crippen LogP contribution in [-0.4, -0.2) is 5.91 Å². The SMILES string of the molecule is CC(=O)Nc1ccc2c(CSc3ccc(C(C)C)cc3)cc(=O)oc2c1. The maximum absolute atomic E-state index is 11.9. The van der Waals surface area contributed by atoms with Crippen molar-refractivity contribution in [1.29, 1.82) is 0 Å². The largest absolute Gasteiger partial charge is 0.423 e. The van der Waals surface area contributed by atoms with Crippen molar-refractivity contribution in [1.82, 2.24) is 0 Å². The van der Waals surface area contributed by atoms with Crippen LogP contribution in [0.25, 0.3) is 11.0 Å².